The molecule has 1 aromatic carbocycles. The van der Waals surface area contributed by atoms with Gasteiger partial charge in [0.15, 0.2) is 0 Å². The topological polar surface area (TPSA) is 67.4 Å². The van der Waals surface area contributed by atoms with Crippen LogP contribution in [-0.4, -0.2) is 42.2 Å². The van der Waals surface area contributed by atoms with Crippen molar-refractivity contribution in [2.75, 3.05) is 36.5 Å². The van der Waals surface area contributed by atoms with Gasteiger partial charge in [-0.25, -0.2) is 9.97 Å². The number of morpholine rings is 1. The Bertz CT molecular complexity index is 829. The molecular formula is C22H28N4O2. The highest BCUT2D eigenvalue weighted by Crippen LogP contribution is 2.27. The second-order valence-electron chi connectivity index (χ2n) is 7.95. The maximum Gasteiger partial charge on any atom is 0.227 e. The van der Waals surface area contributed by atoms with Crippen LogP contribution < -0.4 is 10.2 Å². The molecule has 1 aliphatic heterocycles. The van der Waals surface area contributed by atoms with Crippen LogP contribution in [0.2, 0.25) is 0 Å². The number of amides is 1. The SMILES string of the molecule is CC(C)c1ccc(NC(=O)C2CCc3nc(N4CCOCC4)ncc3C2)cc1. The van der Waals surface area contributed by atoms with E-state index in [0.717, 1.165) is 62.0 Å². The van der Waals surface area contributed by atoms with Crippen molar-refractivity contribution < 1.29 is 9.53 Å². The maximum atomic E-state index is 12.7. The number of carbonyl (C=O) groups is 1. The van der Waals surface area contributed by atoms with Crippen molar-refractivity contribution >= 4 is 17.5 Å². The second-order valence-corrected chi connectivity index (χ2v) is 7.95. The van der Waals surface area contributed by atoms with E-state index in [4.69, 9.17) is 9.72 Å². The minimum atomic E-state index is -0.0323. The first kappa shape index (κ1) is 18.9. The van der Waals surface area contributed by atoms with Crippen molar-refractivity contribution in [1.82, 2.24) is 9.97 Å². The summed E-state index contributed by atoms with van der Waals surface area (Å²) in [5.41, 5.74) is 4.32. The van der Waals surface area contributed by atoms with Crippen LogP contribution in [0.1, 0.15) is 43.0 Å². The third-order valence-electron chi connectivity index (χ3n) is 5.65. The van der Waals surface area contributed by atoms with Crippen LogP contribution >= 0.6 is 0 Å². The van der Waals surface area contributed by atoms with Gasteiger partial charge in [-0.15, -0.1) is 0 Å². The van der Waals surface area contributed by atoms with Gasteiger partial charge in [-0.1, -0.05) is 26.0 Å². The number of carbonyl (C=O) groups excluding carboxylic acids is 1. The molecule has 0 spiro atoms. The number of fused-ring (bicyclic) bond motifs is 1. The molecule has 1 N–H and O–H groups in total. The number of hydrogen-bond acceptors (Lipinski definition) is 5. The van der Waals surface area contributed by atoms with Gasteiger partial charge in [0.25, 0.3) is 0 Å². The first-order valence-corrected chi connectivity index (χ1v) is 10.2. The lowest BCUT2D eigenvalue weighted by atomic mass is 9.86. The first-order chi connectivity index (χ1) is 13.6. The third kappa shape index (κ3) is 4.17. The van der Waals surface area contributed by atoms with E-state index >= 15 is 0 Å². The van der Waals surface area contributed by atoms with Crippen molar-refractivity contribution in [2.45, 2.75) is 39.0 Å². The molecule has 1 unspecified atom stereocenters. The summed E-state index contributed by atoms with van der Waals surface area (Å²) >= 11 is 0. The van der Waals surface area contributed by atoms with Crippen molar-refractivity contribution in [3.05, 3.63) is 47.3 Å². The number of nitrogens with one attached hydrogen (secondary N) is 1. The Morgan fingerprint density at radius 3 is 2.68 bits per heavy atom. The summed E-state index contributed by atoms with van der Waals surface area (Å²) < 4.78 is 5.40. The minimum Gasteiger partial charge on any atom is -0.378 e. The molecule has 148 valence electrons. The number of rotatable bonds is 4. The molecule has 1 aliphatic carbocycles. The van der Waals surface area contributed by atoms with Gasteiger partial charge in [0.1, 0.15) is 0 Å². The lowest BCUT2D eigenvalue weighted by molar-refractivity contribution is -0.120. The molecule has 0 bridgehead atoms. The quantitative estimate of drug-likeness (QED) is 0.882. The first-order valence-electron chi connectivity index (χ1n) is 10.2. The van der Waals surface area contributed by atoms with E-state index in [2.05, 4.69) is 41.2 Å². The van der Waals surface area contributed by atoms with E-state index < -0.39 is 0 Å². The molecule has 1 fully saturated rings. The van der Waals surface area contributed by atoms with E-state index in [1.54, 1.807) is 0 Å². The molecular weight excluding hydrogens is 352 g/mol. The number of aromatic nitrogens is 2. The van der Waals surface area contributed by atoms with Crippen LogP contribution in [0.4, 0.5) is 11.6 Å². The highest BCUT2D eigenvalue weighted by Gasteiger charge is 2.27. The van der Waals surface area contributed by atoms with Crippen LogP contribution in [0.5, 0.6) is 0 Å². The van der Waals surface area contributed by atoms with E-state index in [1.807, 2.05) is 18.3 Å². The Hall–Kier alpha value is -2.47. The average molecular weight is 380 g/mol. The van der Waals surface area contributed by atoms with Gasteiger partial charge in [0.05, 0.1) is 13.2 Å². The lowest BCUT2D eigenvalue weighted by Crippen LogP contribution is -2.38. The van der Waals surface area contributed by atoms with Gasteiger partial charge in [-0.2, -0.15) is 0 Å². The smallest absolute Gasteiger partial charge is 0.227 e. The van der Waals surface area contributed by atoms with Crippen LogP contribution in [0.25, 0.3) is 0 Å². The van der Waals surface area contributed by atoms with E-state index in [9.17, 15) is 4.79 Å². The molecule has 4 rings (SSSR count). The highest BCUT2D eigenvalue weighted by atomic mass is 16.5. The summed E-state index contributed by atoms with van der Waals surface area (Å²) in [6, 6.07) is 8.14. The Labute approximate surface area is 166 Å². The average Bonchev–Trinajstić information content (AvgIpc) is 2.74. The number of benzene rings is 1. The summed E-state index contributed by atoms with van der Waals surface area (Å²) in [7, 11) is 0. The van der Waals surface area contributed by atoms with E-state index in [-0.39, 0.29) is 11.8 Å². The zero-order valence-electron chi connectivity index (χ0n) is 16.6. The molecule has 2 aliphatic rings. The van der Waals surface area contributed by atoms with Gasteiger partial charge in [-0.3, -0.25) is 4.79 Å². The molecule has 0 saturated carbocycles. The molecule has 6 heteroatoms. The highest BCUT2D eigenvalue weighted by molar-refractivity contribution is 5.92. The predicted molar refractivity (Wildman–Crippen MR) is 110 cm³/mol. The summed E-state index contributed by atoms with van der Waals surface area (Å²) in [5, 5.41) is 3.07. The summed E-state index contributed by atoms with van der Waals surface area (Å²) in [6.07, 6.45) is 4.25. The minimum absolute atomic E-state index is 0.0323. The fourth-order valence-corrected chi connectivity index (χ4v) is 3.83. The molecule has 6 nitrogen and oxygen atoms in total. The summed E-state index contributed by atoms with van der Waals surface area (Å²) in [5.74, 6) is 1.33. The maximum absolute atomic E-state index is 12.7. The standard InChI is InChI=1S/C22H28N4O2/c1-15(2)16-3-6-19(7-4-16)24-21(27)17-5-8-20-18(13-17)14-23-22(25-20)26-9-11-28-12-10-26/h3-4,6-7,14-15,17H,5,8-13H2,1-2H3,(H,24,27). The van der Waals surface area contributed by atoms with Gasteiger partial charge >= 0.3 is 0 Å². The summed E-state index contributed by atoms with van der Waals surface area (Å²) in [6.45, 7) is 7.44. The molecule has 1 saturated heterocycles. The Balaban J connectivity index is 1.39. The zero-order chi connectivity index (χ0) is 19.5. The monoisotopic (exact) mass is 380 g/mol. The Morgan fingerprint density at radius 2 is 1.96 bits per heavy atom. The number of anilines is 2. The zero-order valence-corrected chi connectivity index (χ0v) is 16.6. The molecule has 1 atom stereocenters. The molecule has 0 radical (unpaired) electrons. The van der Waals surface area contributed by atoms with Gasteiger partial charge in [0.2, 0.25) is 11.9 Å². The van der Waals surface area contributed by atoms with Crippen LogP contribution in [0.3, 0.4) is 0 Å². The van der Waals surface area contributed by atoms with Gasteiger partial charge in [-0.05, 0) is 48.4 Å². The fraction of sp³-hybridized carbons (Fsp3) is 0.500. The molecule has 2 heterocycles. The largest absolute Gasteiger partial charge is 0.378 e. The van der Waals surface area contributed by atoms with Crippen molar-refractivity contribution in [3.63, 3.8) is 0 Å². The second kappa shape index (κ2) is 8.27. The predicted octanol–water partition coefficient (Wildman–Crippen LogP) is 3.18. The number of hydrogen-bond donors (Lipinski definition) is 1. The van der Waals surface area contributed by atoms with Crippen LogP contribution in [0, 0.1) is 5.92 Å². The van der Waals surface area contributed by atoms with Crippen molar-refractivity contribution in [2.24, 2.45) is 5.92 Å². The Morgan fingerprint density at radius 1 is 1.21 bits per heavy atom. The van der Waals surface area contributed by atoms with E-state index in [1.165, 1.54) is 5.56 Å². The van der Waals surface area contributed by atoms with Gasteiger partial charge in [0, 0.05) is 36.6 Å². The number of ether oxygens (including phenoxy) is 1. The number of nitrogens with zero attached hydrogens (tertiary/aromatic N) is 3. The summed E-state index contributed by atoms with van der Waals surface area (Å²) in [4.78, 5) is 24.2. The normalized spacial score (nSPS) is 19.4. The Kier molecular flexibility index (Phi) is 5.57. The van der Waals surface area contributed by atoms with Crippen molar-refractivity contribution in [1.29, 1.82) is 0 Å². The lowest BCUT2D eigenvalue weighted by Gasteiger charge is -2.28. The molecule has 1 amide bonds. The van der Waals surface area contributed by atoms with Gasteiger partial charge < -0.3 is 15.0 Å². The fourth-order valence-electron chi connectivity index (χ4n) is 3.83. The van der Waals surface area contributed by atoms with Crippen LogP contribution in [-0.2, 0) is 22.4 Å². The number of aryl methyl sites for hydroxylation is 1. The van der Waals surface area contributed by atoms with E-state index in [0.29, 0.717) is 12.3 Å². The molecule has 28 heavy (non-hydrogen) atoms. The molecule has 1 aromatic heterocycles. The third-order valence-corrected chi connectivity index (χ3v) is 5.65. The van der Waals surface area contributed by atoms with Crippen molar-refractivity contribution in [3.8, 4) is 0 Å². The molecule has 2 aromatic rings. The van der Waals surface area contributed by atoms with Crippen LogP contribution in [0.15, 0.2) is 30.5 Å².